The fraction of sp³-hybridized carbons (Fsp3) is 0.118. The number of nitrogens with zero attached hydrogens (tertiary/aromatic N) is 4. The molecular formula is C17H16N6O. The predicted octanol–water partition coefficient (Wildman–Crippen LogP) is 2.82. The molecule has 0 bridgehead atoms. The zero-order chi connectivity index (χ0) is 16.8. The van der Waals surface area contributed by atoms with Crippen molar-refractivity contribution in [3.63, 3.8) is 0 Å². The molecular weight excluding hydrogens is 304 g/mol. The van der Waals surface area contributed by atoms with Gasteiger partial charge >= 0.3 is 0 Å². The van der Waals surface area contributed by atoms with Gasteiger partial charge < -0.3 is 10.6 Å². The molecule has 1 aromatic carbocycles. The van der Waals surface area contributed by atoms with Crippen LogP contribution in [0.1, 0.15) is 23.0 Å². The number of benzene rings is 1. The van der Waals surface area contributed by atoms with Crippen LogP contribution >= 0.6 is 0 Å². The average Bonchev–Trinajstić information content (AvgIpc) is 2.62. The predicted molar refractivity (Wildman–Crippen MR) is 91.1 cm³/mol. The highest BCUT2D eigenvalue weighted by Crippen LogP contribution is 2.15. The summed E-state index contributed by atoms with van der Waals surface area (Å²) in [4.78, 5) is 19.9. The number of aromatic nitrogens is 4. The lowest BCUT2D eigenvalue weighted by molar-refractivity contribution is 0.101. The van der Waals surface area contributed by atoms with E-state index in [1.165, 1.54) is 6.92 Å². The first kappa shape index (κ1) is 15.5. The van der Waals surface area contributed by atoms with Gasteiger partial charge in [-0.15, -0.1) is 5.10 Å². The number of anilines is 3. The molecule has 0 saturated carbocycles. The molecule has 0 aliphatic rings. The van der Waals surface area contributed by atoms with E-state index in [1.54, 1.807) is 36.7 Å². The third-order valence-corrected chi connectivity index (χ3v) is 3.28. The summed E-state index contributed by atoms with van der Waals surface area (Å²) in [5.74, 6) is 0.996. The van der Waals surface area contributed by atoms with Crippen molar-refractivity contribution in [2.45, 2.75) is 13.5 Å². The molecule has 3 rings (SSSR count). The van der Waals surface area contributed by atoms with Crippen LogP contribution in [0.25, 0.3) is 0 Å². The van der Waals surface area contributed by atoms with Crippen molar-refractivity contribution < 1.29 is 4.79 Å². The number of ketones is 1. The van der Waals surface area contributed by atoms with Crippen molar-refractivity contribution in [3.8, 4) is 0 Å². The van der Waals surface area contributed by atoms with E-state index in [0.717, 1.165) is 11.4 Å². The Bertz CT molecular complexity index is 820. The minimum atomic E-state index is 0.0279. The highest BCUT2D eigenvalue weighted by molar-refractivity contribution is 5.94. The normalized spacial score (nSPS) is 10.2. The molecule has 3 aromatic rings. The molecule has 2 N–H and O–H groups in total. The van der Waals surface area contributed by atoms with E-state index in [9.17, 15) is 4.79 Å². The average molecular weight is 320 g/mol. The van der Waals surface area contributed by atoms with E-state index in [2.05, 4.69) is 30.8 Å². The second kappa shape index (κ2) is 7.28. The van der Waals surface area contributed by atoms with Crippen LogP contribution in [0.3, 0.4) is 0 Å². The molecule has 0 radical (unpaired) electrons. The number of Topliss-reactive ketones (excluding diaryl/α,β-unsaturated/α-hetero) is 1. The number of rotatable bonds is 6. The summed E-state index contributed by atoms with van der Waals surface area (Å²) in [6, 6.07) is 12.8. The monoisotopic (exact) mass is 320 g/mol. The highest BCUT2D eigenvalue weighted by atomic mass is 16.1. The maximum absolute atomic E-state index is 11.3. The molecule has 0 aliphatic heterocycles. The fourth-order valence-corrected chi connectivity index (χ4v) is 2.04. The third kappa shape index (κ3) is 4.10. The van der Waals surface area contributed by atoms with Crippen LogP contribution in [-0.4, -0.2) is 25.9 Å². The lowest BCUT2D eigenvalue weighted by Gasteiger charge is -2.07. The SMILES string of the molecule is CC(=O)c1ccc(Nc2nncc(NCc3ccccn3)n2)cc1. The molecule has 7 heteroatoms. The highest BCUT2D eigenvalue weighted by Gasteiger charge is 2.03. The number of hydrogen-bond donors (Lipinski definition) is 2. The molecule has 7 nitrogen and oxygen atoms in total. The Morgan fingerprint density at radius 2 is 1.96 bits per heavy atom. The summed E-state index contributed by atoms with van der Waals surface area (Å²) in [6.45, 7) is 2.08. The number of pyridine rings is 1. The van der Waals surface area contributed by atoms with Gasteiger partial charge in [0.2, 0.25) is 5.95 Å². The van der Waals surface area contributed by atoms with Crippen molar-refractivity contribution in [1.29, 1.82) is 0 Å². The maximum atomic E-state index is 11.3. The van der Waals surface area contributed by atoms with Gasteiger partial charge in [-0.05, 0) is 43.3 Å². The Morgan fingerprint density at radius 3 is 2.67 bits per heavy atom. The minimum Gasteiger partial charge on any atom is -0.363 e. The number of hydrogen-bond acceptors (Lipinski definition) is 7. The molecule has 0 spiro atoms. The first-order chi connectivity index (χ1) is 11.7. The van der Waals surface area contributed by atoms with Gasteiger partial charge in [0.05, 0.1) is 18.4 Å². The Labute approximate surface area is 139 Å². The van der Waals surface area contributed by atoms with Gasteiger partial charge in [-0.1, -0.05) is 6.07 Å². The van der Waals surface area contributed by atoms with Crippen LogP contribution in [0.5, 0.6) is 0 Å². The second-order valence-corrected chi connectivity index (χ2v) is 5.10. The Hall–Kier alpha value is -3.35. The van der Waals surface area contributed by atoms with E-state index < -0.39 is 0 Å². The van der Waals surface area contributed by atoms with E-state index in [1.807, 2.05) is 18.2 Å². The van der Waals surface area contributed by atoms with Crippen molar-refractivity contribution >= 4 is 23.2 Å². The van der Waals surface area contributed by atoms with Gasteiger partial charge in [-0.25, -0.2) is 0 Å². The van der Waals surface area contributed by atoms with E-state index in [-0.39, 0.29) is 5.78 Å². The minimum absolute atomic E-state index is 0.0279. The molecule has 0 atom stereocenters. The molecule has 2 aromatic heterocycles. The molecule has 2 heterocycles. The van der Waals surface area contributed by atoms with Crippen LogP contribution in [0.4, 0.5) is 17.5 Å². The van der Waals surface area contributed by atoms with E-state index in [4.69, 9.17) is 0 Å². The smallest absolute Gasteiger partial charge is 0.249 e. The summed E-state index contributed by atoms with van der Waals surface area (Å²) in [7, 11) is 0. The van der Waals surface area contributed by atoms with Crippen LogP contribution in [-0.2, 0) is 6.54 Å². The zero-order valence-electron chi connectivity index (χ0n) is 13.1. The van der Waals surface area contributed by atoms with Crippen molar-refractivity contribution in [3.05, 3.63) is 66.1 Å². The van der Waals surface area contributed by atoms with Gasteiger partial charge in [-0.2, -0.15) is 10.1 Å². The van der Waals surface area contributed by atoms with Crippen molar-refractivity contribution in [2.24, 2.45) is 0 Å². The number of nitrogens with one attached hydrogen (secondary N) is 2. The van der Waals surface area contributed by atoms with Gasteiger partial charge in [0, 0.05) is 17.4 Å². The topological polar surface area (TPSA) is 92.7 Å². The molecule has 0 fully saturated rings. The summed E-state index contributed by atoms with van der Waals surface area (Å²) >= 11 is 0. The molecule has 0 amide bonds. The summed E-state index contributed by atoms with van der Waals surface area (Å²) in [5.41, 5.74) is 2.35. The lowest BCUT2D eigenvalue weighted by atomic mass is 10.1. The maximum Gasteiger partial charge on any atom is 0.249 e. The molecule has 0 aliphatic carbocycles. The van der Waals surface area contributed by atoms with Crippen molar-refractivity contribution in [1.82, 2.24) is 20.2 Å². The second-order valence-electron chi connectivity index (χ2n) is 5.10. The van der Waals surface area contributed by atoms with Gasteiger partial charge in [-0.3, -0.25) is 9.78 Å². The molecule has 120 valence electrons. The Morgan fingerprint density at radius 1 is 1.12 bits per heavy atom. The standard InChI is InChI=1S/C17H16N6O/c1-12(24)13-5-7-14(8-6-13)21-17-22-16(11-20-23-17)19-10-15-4-2-3-9-18-15/h2-9,11H,10H2,1H3,(H2,19,21,22,23). The first-order valence-electron chi connectivity index (χ1n) is 7.42. The van der Waals surface area contributed by atoms with E-state index in [0.29, 0.717) is 23.9 Å². The Balaban J connectivity index is 1.65. The van der Waals surface area contributed by atoms with Gasteiger partial charge in [0.1, 0.15) is 0 Å². The van der Waals surface area contributed by atoms with Gasteiger partial charge in [0.15, 0.2) is 11.6 Å². The summed E-state index contributed by atoms with van der Waals surface area (Å²) < 4.78 is 0. The van der Waals surface area contributed by atoms with Crippen LogP contribution in [0.2, 0.25) is 0 Å². The van der Waals surface area contributed by atoms with Crippen LogP contribution in [0.15, 0.2) is 54.9 Å². The lowest BCUT2D eigenvalue weighted by Crippen LogP contribution is -2.06. The summed E-state index contributed by atoms with van der Waals surface area (Å²) in [6.07, 6.45) is 3.29. The molecule has 0 saturated heterocycles. The quantitative estimate of drug-likeness (QED) is 0.675. The first-order valence-corrected chi connectivity index (χ1v) is 7.42. The fourth-order valence-electron chi connectivity index (χ4n) is 2.04. The van der Waals surface area contributed by atoms with E-state index >= 15 is 0 Å². The van der Waals surface area contributed by atoms with Crippen molar-refractivity contribution in [2.75, 3.05) is 10.6 Å². The zero-order valence-corrected chi connectivity index (χ0v) is 13.1. The Kier molecular flexibility index (Phi) is 4.71. The summed E-state index contributed by atoms with van der Waals surface area (Å²) in [5, 5.41) is 14.1. The number of carbonyl (C=O) groups excluding carboxylic acids is 1. The van der Waals surface area contributed by atoms with Crippen LogP contribution in [0, 0.1) is 0 Å². The molecule has 0 unspecified atom stereocenters. The van der Waals surface area contributed by atoms with Gasteiger partial charge in [0.25, 0.3) is 0 Å². The largest absolute Gasteiger partial charge is 0.363 e. The molecule has 24 heavy (non-hydrogen) atoms. The van der Waals surface area contributed by atoms with Crippen LogP contribution < -0.4 is 10.6 Å². The third-order valence-electron chi connectivity index (χ3n) is 3.28. The number of carbonyl (C=O) groups is 1.